The fourth-order valence-corrected chi connectivity index (χ4v) is 1.67. The van der Waals surface area contributed by atoms with Crippen molar-refractivity contribution in [1.82, 2.24) is 4.98 Å². The van der Waals surface area contributed by atoms with Gasteiger partial charge in [0.15, 0.2) is 0 Å². The van der Waals surface area contributed by atoms with Gasteiger partial charge in [0.1, 0.15) is 5.82 Å². The molecule has 4 N–H and O–H groups in total. The van der Waals surface area contributed by atoms with Crippen molar-refractivity contribution >= 4 is 27.4 Å². The Kier molecular flexibility index (Phi) is 4.56. The van der Waals surface area contributed by atoms with Crippen LogP contribution >= 0.6 is 15.9 Å². The summed E-state index contributed by atoms with van der Waals surface area (Å²) in [5.41, 5.74) is 6.46. The third kappa shape index (κ3) is 3.98. The molecule has 0 atom stereocenters. The molecule has 0 amide bonds. The Morgan fingerprint density at radius 1 is 1.56 bits per heavy atom. The zero-order valence-corrected chi connectivity index (χ0v) is 11.2. The van der Waals surface area contributed by atoms with Crippen molar-refractivity contribution in [3.63, 3.8) is 0 Å². The van der Waals surface area contributed by atoms with Crippen molar-refractivity contribution in [3.05, 3.63) is 16.7 Å². The number of pyridine rings is 1. The van der Waals surface area contributed by atoms with Gasteiger partial charge in [0, 0.05) is 23.8 Å². The fourth-order valence-electron chi connectivity index (χ4n) is 1.32. The summed E-state index contributed by atoms with van der Waals surface area (Å²) in [6, 6.07) is 1.81. The smallest absolute Gasteiger partial charge is 0.149 e. The van der Waals surface area contributed by atoms with E-state index in [-0.39, 0.29) is 12.0 Å². The van der Waals surface area contributed by atoms with E-state index in [0.717, 1.165) is 17.4 Å². The number of hydrogen-bond donors (Lipinski definition) is 3. The quantitative estimate of drug-likeness (QED) is 0.777. The average molecular weight is 288 g/mol. The number of anilines is 2. The van der Waals surface area contributed by atoms with E-state index in [4.69, 9.17) is 10.8 Å². The standard InChI is InChI=1S/C11H18BrN3O/c1-11(2,3-4-16)7-15-10-9(13)5-8(12)6-14-10/h5-6,16H,3-4,7,13H2,1-2H3,(H,14,15). The summed E-state index contributed by atoms with van der Waals surface area (Å²) in [4.78, 5) is 4.20. The SMILES string of the molecule is CC(C)(CCO)CNc1ncc(Br)cc1N. The molecule has 0 aliphatic carbocycles. The number of rotatable bonds is 5. The molecule has 0 unspecified atom stereocenters. The molecular weight excluding hydrogens is 270 g/mol. The number of aliphatic hydroxyl groups excluding tert-OH is 1. The van der Waals surface area contributed by atoms with Gasteiger partial charge >= 0.3 is 0 Å². The van der Waals surface area contributed by atoms with Gasteiger partial charge in [0.25, 0.3) is 0 Å². The predicted octanol–water partition coefficient (Wildman–Crippen LogP) is 2.25. The van der Waals surface area contributed by atoms with Crippen molar-refractivity contribution < 1.29 is 5.11 Å². The van der Waals surface area contributed by atoms with Gasteiger partial charge in [-0.25, -0.2) is 4.98 Å². The van der Waals surface area contributed by atoms with Gasteiger partial charge in [0.05, 0.1) is 5.69 Å². The van der Waals surface area contributed by atoms with Crippen LogP contribution in [0.15, 0.2) is 16.7 Å². The normalized spacial score (nSPS) is 11.5. The van der Waals surface area contributed by atoms with E-state index in [1.54, 1.807) is 6.20 Å². The molecule has 0 radical (unpaired) electrons. The van der Waals surface area contributed by atoms with Crippen molar-refractivity contribution in [3.8, 4) is 0 Å². The lowest BCUT2D eigenvalue weighted by atomic mass is 9.90. The molecule has 4 nitrogen and oxygen atoms in total. The maximum Gasteiger partial charge on any atom is 0.149 e. The van der Waals surface area contributed by atoms with Crippen LogP contribution in [0, 0.1) is 5.41 Å². The summed E-state index contributed by atoms with van der Waals surface area (Å²) < 4.78 is 0.866. The lowest BCUT2D eigenvalue weighted by molar-refractivity contribution is 0.220. The van der Waals surface area contributed by atoms with Gasteiger partial charge in [-0.1, -0.05) is 13.8 Å². The van der Waals surface area contributed by atoms with Crippen LogP contribution in [0.2, 0.25) is 0 Å². The Balaban J connectivity index is 2.61. The lowest BCUT2D eigenvalue weighted by Gasteiger charge is -2.24. The number of aromatic nitrogens is 1. The fraction of sp³-hybridized carbons (Fsp3) is 0.545. The Hall–Kier alpha value is -0.810. The van der Waals surface area contributed by atoms with E-state index >= 15 is 0 Å². The summed E-state index contributed by atoms with van der Waals surface area (Å²) in [5.74, 6) is 0.689. The lowest BCUT2D eigenvalue weighted by Crippen LogP contribution is -2.25. The first kappa shape index (κ1) is 13.3. The van der Waals surface area contributed by atoms with Gasteiger partial charge in [-0.05, 0) is 33.8 Å². The van der Waals surface area contributed by atoms with Crippen LogP contribution in [0.4, 0.5) is 11.5 Å². The van der Waals surface area contributed by atoms with E-state index in [1.807, 2.05) is 6.07 Å². The Morgan fingerprint density at radius 3 is 2.81 bits per heavy atom. The third-order valence-electron chi connectivity index (χ3n) is 2.41. The maximum atomic E-state index is 8.92. The Morgan fingerprint density at radius 2 is 2.25 bits per heavy atom. The highest BCUT2D eigenvalue weighted by Crippen LogP contribution is 2.24. The largest absolute Gasteiger partial charge is 0.396 e. The number of aliphatic hydroxyl groups is 1. The zero-order valence-electron chi connectivity index (χ0n) is 9.63. The van der Waals surface area contributed by atoms with Crippen molar-refractivity contribution in [1.29, 1.82) is 0 Å². The Labute approximate surface area is 104 Å². The molecule has 0 bridgehead atoms. The van der Waals surface area contributed by atoms with Crippen LogP contribution in [0.5, 0.6) is 0 Å². The van der Waals surface area contributed by atoms with Crippen molar-refractivity contribution in [2.75, 3.05) is 24.2 Å². The monoisotopic (exact) mass is 287 g/mol. The summed E-state index contributed by atoms with van der Waals surface area (Å²) in [7, 11) is 0. The van der Waals surface area contributed by atoms with Crippen molar-refractivity contribution in [2.45, 2.75) is 20.3 Å². The van der Waals surface area contributed by atoms with Gasteiger partial charge in [-0.15, -0.1) is 0 Å². The molecule has 90 valence electrons. The first-order valence-electron chi connectivity index (χ1n) is 5.20. The van der Waals surface area contributed by atoms with Gasteiger partial charge in [0.2, 0.25) is 0 Å². The number of nitrogen functional groups attached to an aromatic ring is 1. The maximum absolute atomic E-state index is 8.92. The summed E-state index contributed by atoms with van der Waals surface area (Å²) in [6.07, 6.45) is 2.45. The minimum Gasteiger partial charge on any atom is -0.396 e. The molecule has 1 aromatic heterocycles. The number of halogens is 1. The first-order chi connectivity index (χ1) is 7.44. The highest BCUT2D eigenvalue weighted by Gasteiger charge is 2.17. The van der Waals surface area contributed by atoms with Crippen LogP contribution in [-0.4, -0.2) is 23.2 Å². The highest BCUT2D eigenvalue weighted by atomic mass is 79.9. The molecule has 0 aliphatic rings. The summed E-state index contributed by atoms with van der Waals surface area (Å²) in [5, 5.41) is 12.1. The van der Waals surface area contributed by atoms with E-state index < -0.39 is 0 Å². The first-order valence-corrected chi connectivity index (χ1v) is 6.00. The molecule has 0 saturated carbocycles. The average Bonchev–Trinajstić information content (AvgIpc) is 2.16. The molecule has 0 aliphatic heterocycles. The minimum absolute atomic E-state index is 0.0238. The second-order valence-corrected chi connectivity index (χ2v) is 5.50. The van der Waals surface area contributed by atoms with E-state index in [9.17, 15) is 0 Å². The van der Waals surface area contributed by atoms with Crippen LogP contribution in [-0.2, 0) is 0 Å². The van der Waals surface area contributed by atoms with Gasteiger partial charge < -0.3 is 16.2 Å². The van der Waals surface area contributed by atoms with E-state index in [0.29, 0.717) is 11.5 Å². The molecule has 0 saturated heterocycles. The molecule has 0 aromatic carbocycles. The Bertz CT molecular complexity index is 355. The van der Waals surface area contributed by atoms with Gasteiger partial charge in [-0.3, -0.25) is 0 Å². The van der Waals surface area contributed by atoms with E-state index in [2.05, 4.69) is 40.1 Å². The molecule has 1 heterocycles. The van der Waals surface area contributed by atoms with E-state index in [1.165, 1.54) is 0 Å². The number of nitrogens with one attached hydrogen (secondary N) is 1. The molecule has 1 aromatic rings. The van der Waals surface area contributed by atoms with Crippen LogP contribution in [0.25, 0.3) is 0 Å². The predicted molar refractivity (Wildman–Crippen MR) is 70.3 cm³/mol. The molecule has 1 rings (SSSR count). The zero-order chi connectivity index (χ0) is 12.2. The number of hydrogen-bond acceptors (Lipinski definition) is 4. The highest BCUT2D eigenvalue weighted by molar-refractivity contribution is 9.10. The third-order valence-corrected chi connectivity index (χ3v) is 2.84. The summed E-state index contributed by atoms with van der Waals surface area (Å²) >= 11 is 3.31. The second kappa shape index (κ2) is 5.50. The second-order valence-electron chi connectivity index (χ2n) is 4.58. The molecule has 0 fully saturated rings. The summed E-state index contributed by atoms with van der Waals surface area (Å²) in [6.45, 7) is 5.10. The van der Waals surface area contributed by atoms with Crippen LogP contribution in [0.3, 0.4) is 0 Å². The van der Waals surface area contributed by atoms with Gasteiger partial charge in [-0.2, -0.15) is 0 Å². The minimum atomic E-state index is 0.0238. The van der Waals surface area contributed by atoms with Crippen LogP contribution < -0.4 is 11.1 Å². The molecule has 5 heteroatoms. The molecule has 16 heavy (non-hydrogen) atoms. The van der Waals surface area contributed by atoms with Crippen molar-refractivity contribution in [2.24, 2.45) is 5.41 Å². The molecule has 0 spiro atoms. The molecular formula is C11H18BrN3O. The number of nitrogens with two attached hydrogens (primary N) is 1. The topological polar surface area (TPSA) is 71.2 Å². The van der Waals surface area contributed by atoms with Crippen LogP contribution in [0.1, 0.15) is 20.3 Å². The number of nitrogens with zero attached hydrogens (tertiary/aromatic N) is 1.